The Morgan fingerprint density at radius 2 is 1.66 bits per heavy atom. The molecule has 1 atom stereocenters. The van der Waals surface area contributed by atoms with Crippen LogP contribution in [0.25, 0.3) is 11.2 Å². The van der Waals surface area contributed by atoms with E-state index in [0.29, 0.717) is 26.2 Å². The van der Waals surface area contributed by atoms with E-state index in [4.69, 9.17) is 23.7 Å². The third kappa shape index (κ3) is 18.0. The van der Waals surface area contributed by atoms with Gasteiger partial charge in [-0.3, -0.25) is 14.9 Å². The number of anilines is 1. The zero-order valence-corrected chi connectivity index (χ0v) is 31.4. The first-order valence-electron chi connectivity index (χ1n) is 15.4. The van der Waals surface area contributed by atoms with Gasteiger partial charge in [0.05, 0.1) is 46.0 Å². The molecule has 47 heavy (non-hydrogen) atoms. The van der Waals surface area contributed by atoms with Gasteiger partial charge in [-0.05, 0) is 27.2 Å². The van der Waals surface area contributed by atoms with Crippen LogP contribution in [0.4, 0.5) is 10.6 Å². The van der Waals surface area contributed by atoms with Crippen molar-refractivity contribution in [2.75, 3.05) is 65.2 Å². The molecule has 0 saturated heterocycles. The van der Waals surface area contributed by atoms with E-state index in [1.165, 1.54) is 22.1 Å². The fourth-order valence-corrected chi connectivity index (χ4v) is 3.48. The van der Waals surface area contributed by atoms with Gasteiger partial charge in [0.2, 0.25) is 5.91 Å². The summed E-state index contributed by atoms with van der Waals surface area (Å²) in [5.74, 6) is -0.980. The van der Waals surface area contributed by atoms with Gasteiger partial charge in [-0.2, -0.15) is 6.41 Å². The molecule has 0 aromatic carbocycles. The average molecular weight is 912 g/mol. The summed E-state index contributed by atoms with van der Waals surface area (Å²) in [5.41, 5.74) is -0.215. The predicted octanol–water partition coefficient (Wildman–Crippen LogP) is 2.71. The normalized spacial score (nSPS) is 11.0. The molecule has 2 rings (SSSR count). The predicted molar refractivity (Wildman–Crippen MR) is 172 cm³/mol. The summed E-state index contributed by atoms with van der Waals surface area (Å²) in [5, 5.41) is 5.03. The maximum absolute atomic E-state index is 13.4. The minimum atomic E-state index is -0.723. The van der Waals surface area contributed by atoms with Crippen molar-refractivity contribution in [1.29, 1.82) is 0 Å². The number of nitrogens with zero attached hydrogens (tertiary/aromatic N) is 5. The van der Waals surface area contributed by atoms with Crippen molar-refractivity contribution in [2.24, 2.45) is 0 Å². The number of hydrogen-bond donors (Lipinski definition) is 2. The van der Waals surface area contributed by atoms with Crippen molar-refractivity contribution in [3.8, 4) is 0 Å². The number of carbonyl (C=O) groups excluding carboxylic acids is 4. The van der Waals surface area contributed by atoms with Crippen LogP contribution in [0, 0.1) is 0 Å². The van der Waals surface area contributed by atoms with Crippen LogP contribution in [0.15, 0.2) is 12.7 Å². The minimum absolute atomic E-state index is 0. The van der Waals surface area contributed by atoms with Gasteiger partial charge in [0.1, 0.15) is 25.0 Å². The van der Waals surface area contributed by atoms with E-state index in [0.717, 1.165) is 0 Å². The molecule has 17 heteroatoms. The molecule has 16 nitrogen and oxygen atoms in total. The van der Waals surface area contributed by atoms with E-state index in [2.05, 4.69) is 25.6 Å². The molecule has 0 aliphatic carbocycles. The Bertz CT molecular complexity index is 1160. The van der Waals surface area contributed by atoms with Gasteiger partial charge >= 0.3 is 12.1 Å². The molecule has 1 unspecified atom stereocenters. The van der Waals surface area contributed by atoms with Crippen molar-refractivity contribution < 1.29 is 42.9 Å². The number of fused-ring (bicyclic) bond motifs is 1. The van der Waals surface area contributed by atoms with Crippen molar-refractivity contribution in [1.82, 2.24) is 29.7 Å². The largest absolute Gasteiger partial charge is 0.524 e. The summed E-state index contributed by atoms with van der Waals surface area (Å²) in [7, 11) is 1.57. The van der Waals surface area contributed by atoms with Crippen molar-refractivity contribution in [3.63, 3.8) is 0 Å². The van der Waals surface area contributed by atoms with E-state index in [1.54, 1.807) is 34.3 Å². The zero-order valence-electron chi connectivity index (χ0n) is 29.0. The van der Waals surface area contributed by atoms with Gasteiger partial charge in [0.15, 0.2) is 17.0 Å². The number of methoxy groups -OCH3 is 1. The molecule has 2 aromatic rings. The Morgan fingerprint density at radius 1 is 1.00 bits per heavy atom. The molecule has 0 fully saturated rings. The number of amides is 3. The second-order valence-electron chi connectivity index (χ2n) is 10.0. The van der Waals surface area contributed by atoms with Gasteiger partial charge in [0.25, 0.3) is 0 Å². The standard InChI is InChI=1S/C26H40N7O9.2C2H6.Fm/c1-6-7-41-21(36)14-32(12-19(30-18-34)15-40-11-10-39-9-8-38-5)20(35)13-33-17-29-22-23(27-16-28-24(22)33)31-25(37)42-26(2,3)4;2*1-2;/h16-17,19H,6-15H2,1-5H3,(H,30,34)(H,27,28,31,37);2*1-2H3;/q-1;;;. The van der Waals surface area contributed by atoms with Crippen molar-refractivity contribution in [2.45, 2.75) is 80.0 Å². The smallest absolute Gasteiger partial charge is 0.413 e. The molecule has 3 amide bonds. The summed E-state index contributed by atoms with van der Waals surface area (Å²) in [6.07, 6.45) is 4.09. The van der Waals surface area contributed by atoms with E-state index in [1.807, 2.05) is 34.6 Å². The van der Waals surface area contributed by atoms with E-state index in [-0.39, 0.29) is 56.4 Å². The first-order chi connectivity index (χ1) is 22.1. The van der Waals surface area contributed by atoms with Crippen LogP contribution < -0.4 is 10.6 Å². The van der Waals surface area contributed by atoms with Crippen LogP contribution in [0.1, 0.15) is 61.8 Å². The number of imidazole rings is 1. The Morgan fingerprint density at radius 3 is 2.28 bits per heavy atom. The third-order valence-corrected chi connectivity index (χ3v) is 5.29. The van der Waals surface area contributed by atoms with Crippen LogP contribution in [-0.2, 0) is 44.6 Å². The molecule has 0 radical (unpaired) electrons. The van der Waals surface area contributed by atoms with Crippen LogP contribution >= 0.6 is 0 Å². The molecular formula is C30H52FmN7O9-. The fraction of sp³-hybridized carbons (Fsp3) is 0.700. The fourth-order valence-electron chi connectivity index (χ4n) is 3.48. The first-order valence-corrected chi connectivity index (χ1v) is 15.4. The number of esters is 1. The molecule has 0 aliphatic heterocycles. The molecule has 2 aromatic heterocycles. The van der Waals surface area contributed by atoms with Gasteiger partial charge in [0, 0.05) is 19.7 Å². The SMILES string of the molecule is CC.CC.CCCOC(=O)CN(CC(COCCOCCOC)N[C-]=O)C(=O)Cn1cnc2c(NC(=O)OC(C)(C)C)ncnc21.[Fm]. The molecule has 0 saturated carbocycles. The van der Waals surface area contributed by atoms with Gasteiger partial charge in [-0.1, -0.05) is 34.6 Å². The maximum Gasteiger partial charge on any atom is 0.413 e. The molecular weight excluding hydrogens is 859 g/mol. The van der Waals surface area contributed by atoms with Gasteiger partial charge in [-0.25, -0.2) is 19.7 Å². The Balaban J connectivity index is 0. The molecule has 274 valence electrons. The number of ether oxygens (including phenoxy) is 5. The summed E-state index contributed by atoms with van der Waals surface area (Å²) >= 11 is 0. The first kappa shape index (κ1) is 44.2. The van der Waals surface area contributed by atoms with Gasteiger partial charge < -0.3 is 43.3 Å². The molecule has 0 spiro atoms. The van der Waals surface area contributed by atoms with Crippen LogP contribution in [0.3, 0.4) is 0 Å². The molecule has 0 bridgehead atoms. The number of rotatable bonds is 19. The minimum Gasteiger partial charge on any atom is -0.524 e. The van der Waals surface area contributed by atoms with Crippen LogP contribution in [0.2, 0.25) is 0 Å². The summed E-state index contributed by atoms with van der Waals surface area (Å²) in [6.45, 7) is 16.0. The van der Waals surface area contributed by atoms with Crippen LogP contribution in [0.5, 0.6) is 0 Å². The number of carbonyl (C=O) groups is 3. The Labute approximate surface area is 271 Å². The second-order valence-corrected chi connectivity index (χ2v) is 10.0. The summed E-state index contributed by atoms with van der Waals surface area (Å²) < 4.78 is 27.7. The second kappa shape index (κ2) is 25.3. The summed E-state index contributed by atoms with van der Waals surface area (Å²) in [6, 6.07) is -0.670. The number of aromatic nitrogens is 4. The maximum atomic E-state index is 13.4. The molecule has 2 N–H and O–H groups in total. The monoisotopic (exact) mass is 911 g/mol. The van der Waals surface area contributed by atoms with E-state index in [9.17, 15) is 19.2 Å². The topological polar surface area (TPSA) is 185 Å². The van der Waals surface area contributed by atoms with Crippen LogP contribution in [-0.4, -0.2) is 120 Å². The number of hydrogen-bond acceptors (Lipinski definition) is 12. The quantitative estimate of drug-likeness (QED) is 0.0911. The van der Waals surface area contributed by atoms with Gasteiger partial charge in [-0.15, -0.1) is 0 Å². The Kier molecular flexibility index (Phi) is 23.8. The zero-order chi connectivity index (χ0) is 35.0. The van der Waals surface area contributed by atoms with Crippen molar-refractivity contribution >= 4 is 41.4 Å². The average Bonchev–Trinajstić information content (AvgIpc) is 3.43. The molecule has 0 aliphatic rings. The van der Waals surface area contributed by atoms with Crippen molar-refractivity contribution in [3.05, 3.63) is 12.7 Å². The van der Waals surface area contributed by atoms with E-state index < -0.39 is 29.6 Å². The third-order valence-electron chi connectivity index (χ3n) is 5.29. The Hall–Kier alpha value is -4.89. The number of nitrogens with one attached hydrogen (secondary N) is 2. The summed E-state index contributed by atoms with van der Waals surface area (Å²) in [4.78, 5) is 63.0. The molecule has 2 heterocycles. The van der Waals surface area contributed by atoms with E-state index >= 15 is 0 Å².